The Labute approximate surface area is 131 Å². The van der Waals surface area contributed by atoms with Gasteiger partial charge in [-0.2, -0.15) is 0 Å². The van der Waals surface area contributed by atoms with Gasteiger partial charge >= 0.3 is 6.09 Å². The first-order valence-corrected chi connectivity index (χ1v) is 6.78. The monoisotopic (exact) mass is 318 g/mol. The highest BCUT2D eigenvalue weighted by atomic mass is 19.1. The van der Waals surface area contributed by atoms with Crippen molar-refractivity contribution < 1.29 is 24.2 Å². The number of phenols is 1. The van der Waals surface area contributed by atoms with Crippen molar-refractivity contribution in [3.8, 4) is 5.75 Å². The summed E-state index contributed by atoms with van der Waals surface area (Å²) in [5.41, 5.74) is 0.897. The van der Waals surface area contributed by atoms with Crippen LogP contribution in [0.25, 0.3) is 0 Å². The summed E-state index contributed by atoms with van der Waals surface area (Å²) in [5.74, 6) is -1.91. The lowest BCUT2D eigenvalue weighted by Crippen LogP contribution is -2.44. The molecule has 0 saturated carbocycles. The number of hydrogen-bond donors (Lipinski definition) is 4. The van der Waals surface area contributed by atoms with Gasteiger partial charge in [0.2, 0.25) is 5.91 Å². The van der Waals surface area contributed by atoms with Crippen LogP contribution in [0.1, 0.15) is 5.56 Å². The number of phenolic OH excluding ortho intramolecular Hbond substituents is 1. The highest BCUT2D eigenvalue weighted by Crippen LogP contribution is 2.17. The molecular formula is C16H15FN2O4. The third kappa shape index (κ3) is 4.70. The van der Waals surface area contributed by atoms with Gasteiger partial charge in [0.05, 0.1) is 0 Å². The van der Waals surface area contributed by atoms with Crippen molar-refractivity contribution >= 4 is 17.7 Å². The average molecular weight is 318 g/mol. The van der Waals surface area contributed by atoms with Crippen LogP contribution >= 0.6 is 0 Å². The summed E-state index contributed by atoms with van der Waals surface area (Å²) in [6.07, 6.45) is -1.42. The SMILES string of the molecule is O=C(O)N[C@@H](Cc1ccc(O)c(F)c1)C(=O)Nc1ccccc1. The molecule has 0 aliphatic heterocycles. The minimum Gasteiger partial charge on any atom is -0.505 e. The summed E-state index contributed by atoms with van der Waals surface area (Å²) in [4.78, 5) is 23.1. The zero-order valence-electron chi connectivity index (χ0n) is 12.0. The Hall–Kier alpha value is -3.09. The summed E-state index contributed by atoms with van der Waals surface area (Å²) >= 11 is 0. The molecular weight excluding hydrogens is 303 g/mol. The molecule has 0 aliphatic carbocycles. The lowest BCUT2D eigenvalue weighted by molar-refractivity contribution is -0.118. The lowest BCUT2D eigenvalue weighted by atomic mass is 10.0. The number of carbonyl (C=O) groups is 2. The number of halogens is 1. The zero-order chi connectivity index (χ0) is 16.8. The molecule has 2 aromatic carbocycles. The molecule has 0 fully saturated rings. The van der Waals surface area contributed by atoms with Crippen LogP contribution in [0.3, 0.4) is 0 Å². The molecule has 0 aromatic heterocycles. The first-order valence-electron chi connectivity index (χ1n) is 6.78. The number of amides is 2. The van der Waals surface area contributed by atoms with Crippen molar-refractivity contribution in [3.05, 3.63) is 59.9 Å². The van der Waals surface area contributed by atoms with Crippen LogP contribution in [-0.2, 0) is 11.2 Å². The first kappa shape index (κ1) is 16.3. The molecule has 0 bridgehead atoms. The molecule has 2 aromatic rings. The largest absolute Gasteiger partial charge is 0.505 e. The zero-order valence-corrected chi connectivity index (χ0v) is 12.0. The van der Waals surface area contributed by atoms with Gasteiger partial charge in [-0.1, -0.05) is 24.3 Å². The van der Waals surface area contributed by atoms with Gasteiger partial charge in [0.15, 0.2) is 11.6 Å². The van der Waals surface area contributed by atoms with Gasteiger partial charge in [0.25, 0.3) is 0 Å². The summed E-state index contributed by atoms with van der Waals surface area (Å²) in [6.45, 7) is 0. The topological polar surface area (TPSA) is 98.7 Å². The molecule has 120 valence electrons. The number of para-hydroxylation sites is 1. The Morgan fingerprint density at radius 2 is 1.83 bits per heavy atom. The number of anilines is 1. The second kappa shape index (κ2) is 7.26. The van der Waals surface area contributed by atoms with Gasteiger partial charge in [0, 0.05) is 12.1 Å². The van der Waals surface area contributed by atoms with Crippen molar-refractivity contribution in [2.24, 2.45) is 0 Å². The number of carbonyl (C=O) groups excluding carboxylic acids is 1. The molecule has 0 heterocycles. The molecule has 2 rings (SSSR count). The van der Waals surface area contributed by atoms with E-state index in [0.29, 0.717) is 11.3 Å². The fourth-order valence-electron chi connectivity index (χ4n) is 2.02. The van der Waals surface area contributed by atoms with Gasteiger partial charge in [-0.25, -0.2) is 9.18 Å². The molecule has 4 N–H and O–H groups in total. The molecule has 0 aliphatic rings. The number of carboxylic acid groups (broad SMARTS) is 1. The smallest absolute Gasteiger partial charge is 0.405 e. The van der Waals surface area contributed by atoms with E-state index < -0.39 is 29.6 Å². The standard InChI is InChI=1S/C16H15FN2O4/c17-12-8-10(6-7-14(12)20)9-13(19-16(22)23)15(21)18-11-4-2-1-3-5-11/h1-8,13,19-20H,9H2,(H,18,21)(H,22,23)/t13-/m0/s1. The predicted octanol–water partition coefficient (Wildman–Crippen LogP) is 2.35. The van der Waals surface area contributed by atoms with E-state index in [0.717, 1.165) is 12.1 Å². The molecule has 0 spiro atoms. The highest BCUT2D eigenvalue weighted by molar-refractivity contribution is 5.96. The second-order valence-electron chi connectivity index (χ2n) is 4.85. The fourth-order valence-corrected chi connectivity index (χ4v) is 2.02. The van der Waals surface area contributed by atoms with Crippen molar-refractivity contribution in [1.82, 2.24) is 5.32 Å². The second-order valence-corrected chi connectivity index (χ2v) is 4.85. The molecule has 0 saturated heterocycles. The van der Waals surface area contributed by atoms with E-state index in [1.54, 1.807) is 30.3 Å². The third-order valence-corrected chi connectivity index (χ3v) is 3.11. The highest BCUT2D eigenvalue weighted by Gasteiger charge is 2.21. The van der Waals surface area contributed by atoms with E-state index in [9.17, 15) is 14.0 Å². The Kier molecular flexibility index (Phi) is 5.14. The van der Waals surface area contributed by atoms with Gasteiger partial charge in [-0.15, -0.1) is 0 Å². The van der Waals surface area contributed by atoms with E-state index in [2.05, 4.69) is 10.6 Å². The minimum absolute atomic E-state index is 0.0534. The van der Waals surface area contributed by atoms with Gasteiger partial charge in [0.1, 0.15) is 6.04 Å². The number of benzene rings is 2. The van der Waals surface area contributed by atoms with Gasteiger partial charge in [-0.3, -0.25) is 4.79 Å². The molecule has 1 atom stereocenters. The molecule has 2 amide bonds. The van der Waals surface area contributed by atoms with E-state index in [1.807, 2.05) is 0 Å². The molecule has 6 nitrogen and oxygen atoms in total. The fraction of sp³-hybridized carbons (Fsp3) is 0.125. The maximum Gasteiger partial charge on any atom is 0.405 e. The summed E-state index contributed by atoms with van der Waals surface area (Å²) in [5, 5.41) is 22.7. The lowest BCUT2D eigenvalue weighted by Gasteiger charge is -2.17. The van der Waals surface area contributed by atoms with Crippen molar-refractivity contribution in [3.63, 3.8) is 0 Å². The van der Waals surface area contributed by atoms with Crippen LogP contribution in [0.2, 0.25) is 0 Å². The molecule has 23 heavy (non-hydrogen) atoms. The third-order valence-electron chi connectivity index (χ3n) is 3.11. The quantitative estimate of drug-likeness (QED) is 0.680. The average Bonchev–Trinajstić information content (AvgIpc) is 2.51. The summed E-state index contributed by atoms with van der Waals surface area (Å²) in [7, 11) is 0. The predicted molar refractivity (Wildman–Crippen MR) is 81.8 cm³/mol. The Morgan fingerprint density at radius 1 is 1.13 bits per heavy atom. The molecule has 0 radical (unpaired) electrons. The van der Waals surface area contributed by atoms with E-state index in [1.165, 1.54) is 6.07 Å². The van der Waals surface area contributed by atoms with Crippen molar-refractivity contribution in [1.29, 1.82) is 0 Å². The van der Waals surface area contributed by atoms with Crippen molar-refractivity contribution in [2.75, 3.05) is 5.32 Å². The number of nitrogens with one attached hydrogen (secondary N) is 2. The van der Waals surface area contributed by atoms with Crippen LogP contribution in [0.5, 0.6) is 5.75 Å². The summed E-state index contributed by atoms with van der Waals surface area (Å²) in [6, 6.07) is 11.1. The van der Waals surface area contributed by atoms with Gasteiger partial charge in [-0.05, 0) is 29.8 Å². The normalized spacial score (nSPS) is 11.5. The Morgan fingerprint density at radius 3 is 2.43 bits per heavy atom. The molecule has 7 heteroatoms. The van der Waals surface area contributed by atoms with Crippen LogP contribution < -0.4 is 10.6 Å². The van der Waals surface area contributed by atoms with E-state index >= 15 is 0 Å². The van der Waals surface area contributed by atoms with E-state index in [-0.39, 0.29) is 6.42 Å². The number of rotatable bonds is 5. The van der Waals surface area contributed by atoms with Crippen molar-refractivity contribution in [2.45, 2.75) is 12.5 Å². The Bertz CT molecular complexity index is 706. The van der Waals surface area contributed by atoms with Gasteiger partial charge < -0.3 is 20.8 Å². The number of aromatic hydroxyl groups is 1. The number of hydrogen-bond acceptors (Lipinski definition) is 3. The van der Waals surface area contributed by atoms with Crippen LogP contribution in [0.15, 0.2) is 48.5 Å². The van der Waals surface area contributed by atoms with Crippen LogP contribution in [0.4, 0.5) is 14.9 Å². The minimum atomic E-state index is -1.36. The Balaban J connectivity index is 2.13. The maximum absolute atomic E-state index is 13.4. The van der Waals surface area contributed by atoms with Crippen LogP contribution in [0, 0.1) is 5.82 Å². The van der Waals surface area contributed by atoms with E-state index in [4.69, 9.17) is 10.2 Å². The molecule has 0 unspecified atom stereocenters. The van der Waals surface area contributed by atoms with Crippen LogP contribution in [-0.4, -0.2) is 28.3 Å². The first-order chi connectivity index (χ1) is 11.0. The summed E-state index contributed by atoms with van der Waals surface area (Å²) < 4.78 is 13.4. The maximum atomic E-state index is 13.4.